The standard InChI is InChI=1S/C20H28O6S/c1-15-9-11-17(12-10-15)26-27(22)23-14-13-16-7-5-6-8-18(16)24-19(21)25-20(2,3)4/h9-12H,5-8,13-14H2,1-4H3. The van der Waals surface area contributed by atoms with Crippen molar-refractivity contribution in [3.05, 3.63) is 41.2 Å². The Hall–Kier alpha value is -1.86. The lowest BCUT2D eigenvalue weighted by Gasteiger charge is -2.23. The fraction of sp³-hybridized carbons (Fsp3) is 0.550. The summed E-state index contributed by atoms with van der Waals surface area (Å²) in [5.74, 6) is 1.13. The second-order valence-electron chi connectivity index (χ2n) is 7.47. The molecule has 1 aliphatic carbocycles. The Morgan fingerprint density at radius 3 is 2.44 bits per heavy atom. The van der Waals surface area contributed by atoms with Crippen LogP contribution in [0.2, 0.25) is 0 Å². The van der Waals surface area contributed by atoms with E-state index in [0.29, 0.717) is 24.4 Å². The van der Waals surface area contributed by atoms with E-state index in [1.807, 2.05) is 19.1 Å². The molecule has 0 spiro atoms. The minimum atomic E-state index is -1.87. The zero-order valence-corrected chi connectivity index (χ0v) is 17.2. The van der Waals surface area contributed by atoms with Gasteiger partial charge in [0.1, 0.15) is 17.1 Å². The maximum atomic E-state index is 11.9. The molecular weight excluding hydrogens is 368 g/mol. The average Bonchev–Trinajstić information content (AvgIpc) is 2.57. The van der Waals surface area contributed by atoms with Crippen LogP contribution in [-0.4, -0.2) is 22.6 Å². The van der Waals surface area contributed by atoms with Crippen molar-refractivity contribution in [3.8, 4) is 5.75 Å². The largest absolute Gasteiger partial charge is 0.514 e. The first-order valence-corrected chi connectivity index (χ1v) is 10.1. The summed E-state index contributed by atoms with van der Waals surface area (Å²) in [5, 5.41) is 0. The number of benzene rings is 1. The predicted molar refractivity (Wildman–Crippen MR) is 103 cm³/mol. The molecule has 27 heavy (non-hydrogen) atoms. The second-order valence-corrected chi connectivity index (χ2v) is 8.28. The molecule has 1 atom stereocenters. The molecule has 150 valence electrons. The van der Waals surface area contributed by atoms with Crippen LogP contribution in [0.1, 0.15) is 58.4 Å². The van der Waals surface area contributed by atoms with Crippen LogP contribution in [0.15, 0.2) is 35.6 Å². The Morgan fingerprint density at radius 2 is 1.78 bits per heavy atom. The predicted octanol–water partition coefficient (Wildman–Crippen LogP) is 5.14. The lowest BCUT2D eigenvalue weighted by molar-refractivity contribution is 0.00406. The number of rotatable bonds is 7. The van der Waals surface area contributed by atoms with Gasteiger partial charge < -0.3 is 13.7 Å². The smallest absolute Gasteiger partial charge is 0.428 e. The van der Waals surface area contributed by atoms with Gasteiger partial charge in [0.05, 0.1) is 6.61 Å². The minimum absolute atomic E-state index is 0.217. The summed E-state index contributed by atoms with van der Waals surface area (Å²) in [7, 11) is 0. The van der Waals surface area contributed by atoms with Crippen molar-refractivity contribution < 1.29 is 26.8 Å². The Balaban J connectivity index is 1.84. The first-order chi connectivity index (χ1) is 12.7. The molecule has 1 aromatic rings. The van der Waals surface area contributed by atoms with Crippen molar-refractivity contribution in [2.75, 3.05) is 6.61 Å². The fourth-order valence-electron chi connectivity index (χ4n) is 2.63. The van der Waals surface area contributed by atoms with E-state index in [0.717, 1.165) is 30.4 Å². The first-order valence-electron chi connectivity index (χ1n) is 9.15. The summed E-state index contributed by atoms with van der Waals surface area (Å²) in [5.41, 5.74) is 1.50. The molecule has 0 bridgehead atoms. The van der Waals surface area contributed by atoms with Gasteiger partial charge in [-0.15, -0.1) is 0 Å². The second kappa shape index (κ2) is 9.90. The molecule has 1 aromatic carbocycles. The molecule has 0 saturated heterocycles. The van der Waals surface area contributed by atoms with E-state index in [1.54, 1.807) is 32.9 Å². The lowest BCUT2D eigenvalue weighted by Crippen LogP contribution is -2.25. The summed E-state index contributed by atoms with van der Waals surface area (Å²) >= 11 is -1.87. The molecule has 0 fully saturated rings. The molecular formula is C20H28O6S. The topological polar surface area (TPSA) is 71.1 Å². The Bertz CT molecular complexity index is 687. The lowest BCUT2D eigenvalue weighted by atomic mass is 9.96. The van der Waals surface area contributed by atoms with Gasteiger partial charge in [-0.25, -0.2) is 4.79 Å². The Morgan fingerprint density at radius 1 is 1.11 bits per heavy atom. The molecule has 6 nitrogen and oxygen atoms in total. The molecule has 0 amide bonds. The van der Waals surface area contributed by atoms with E-state index >= 15 is 0 Å². The molecule has 1 unspecified atom stereocenters. The van der Waals surface area contributed by atoms with E-state index < -0.39 is 23.1 Å². The van der Waals surface area contributed by atoms with Crippen LogP contribution in [0, 0.1) is 6.92 Å². The highest BCUT2D eigenvalue weighted by molar-refractivity contribution is 7.75. The van der Waals surface area contributed by atoms with E-state index in [-0.39, 0.29) is 6.61 Å². The van der Waals surface area contributed by atoms with Crippen molar-refractivity contribution in [1.82, 2.24) is 0 Å². The molecule has 0 N–H and O–H groups in total. The SMILES string of the molecule is Cc1ccc(OS(=O)OCCC2=C(OC(=O)OC(C)(C)C)CCCC2)cc1. The quantitative estimate of drug-likeness (QED) is 0.594. The monoisotopic (exact) mass is 396 g/mol. The van der Waals surface area contributed by atoms with Gasteiger partial charge in [-0.3, -0.25) is 4.18 Å². The third-order valence-electron chi connectivity index (χ3n) is 3.89. The molecule has 0 radical (unpaired) electrons. The number of carbonyl (C=O) groups excluding carboxylic acids is 1. The molecule has 0 saturated carbocycles. The summed E-state index contributed by atoms with van der Waals surface area (Å²) in [6.07, 6.45) is 3.35. The number of hydrogen-bond acceptors (Lipinski definition) is 6. The maximum absolute atomic E-state index is 11.9. The van der Waals surface area contributed by atoms with E-state index in [9.17, 15) is 9.00 Å². The van der Waals surface area contributed by atoms with Crippen LogP contribution in [0.5, 0.6) is 5.75 Å². The van der Waals surface area contributed by atoms with Gasteiger partial charge in [0.25, 0.3) is 0 Å². The summed E-state index contributed by atoms with van der Waals surface area (Å²) in [6, 6.07) is 7.24. The maximum Gasteiger partial charge on any atom is 0.514 e. The third kappa shape index (κ3) is 8.13. The zero-order chi connectivity index (χ0) is 19.9. The van der Waals surface area contributed by atoms with Crippen molar-refractivity contribution in [2.24, 2.45) is 0 Å². The van der Waals surface area contributed by atoms with E-state index in [2.05, 4.69) is 0 Å². The molecule has 0 aromatic heterocycles. The van der Waals surface area contributed by atoms with Crippen LogP contribution in [0.3, 0.4) is 0 Å². The average molecular weight is 397 g/mol. The van der Waals surface area contributed by atoms with Crippen molar-refractivity contribution in [3.63, 3.8) is 0 Å². The van der Waals surface area contributed by atoms with E-state index in [4.69, 9.17) is 17.8 Å². The number of aryl methyl sites for hydroxylation is 1. The van der Waals surface area contributed by atoms with Crippen LogP contribution < -0.4 is 4.18 Å². The highest BCUT2D eigenvalue weighted by atomic mass is 32.2. The number of ether oxygens (including phenoxy) is 2. The van der Waals surface area contributed by atoms with Gasteiger partial charge >= 0.3 is 17.5 Å². The first kappa shape index (κ1) is 21.4. The van der Waals surface area contributed by atoms with Crippen LogP contribution >= 0.6 is 0 Å². The van der Waals surface area contributed by atoms with Crippen molar-refractivity contribution in [2.45, 2.75) is 65.4 Å². The molecule has 0 aliphatic heterocycles. The summed E-state index contributed by atoms with van der Waals surface area (Å²) in [4.78, 5) is 11.9. The summed E-state index contributed by atoms with van der Waals surface area (Å²) < 4.78 is 33.0. The zero-order valence-electron chi connectivity index (χ0n) is 16.4. The van der Waals surface area contributed by atoms with Gasteiger partial charge in [-0.2, -0.15) is 4.21 Å². The van der Waals surface area contributed by atoms with Crippen LogP contribution in [0.25, 0.3) is 0 Å². The van der Waals surface area contributed by atoms with Crippen molar-refractivity contribution in [1.29, 1.82) is 0 Å². The van der Waals surface area contributed by atoms with Gasteiger partial charge in [0.15, 0.2) is 0 Å². The highest BCUT2D eigenvalue weighted by Gasteiger charge is 2.22. The number of hydrogen-bond donors (Lipinski definition) is 0. The number of allylic oxidation sites excluding steroid dienone is 1. The Labute approximate surface area is 163 Å². The van der Waals surface area contributed by atoms with Gasteiger partial charge in [-0.05, 0) is 71.1 Å². The highest BCUT2D eigenvalue weighted by Crippen LogP contribution is 2.28. The fourth-order valence-corrected chi connectivity index (χ4v) is 3.16. The van der Waals surface area contributed by atoms with Gasteiger partial charge in [-0.1, -0.05) is 17.7 Å². The van der Waals surface area contributed by atoms with E-state index in [1.165, 1.54) is 0 Å². The number of carbonyl (C=O) groups is 1. The molecule has 1 aliphatic rings. The minimum Gasteiger partial charge on any atom is -0.428 e. The van der Waals surface area contributed by atoms with Crippen LogP contribution in [0.4, 0.5) is 4.79 Å². The third-order valence-corrected chi connectivity index (χ3v) is 4.58. The molecule has 7 heteroatoms. The normalized spacial score (nSPS) is 16.0. The van der Waals surface area contributed by atoms with Gasteiger partial charge in [0, 0.05) is 6.42 Å². The summed E-state index contributed by atoms with van der Waals surface area (Å²) in [6.45, 7) is 7.56. The van der Waals surface area contributed by atoms with Crippen molar-refractivity contribution >= 4 is 17.5 Å². The molecule has 0 heterocycles. The molecule has 2 rings (SSSR count). The Kier molecular flexibility index (Phi) is 7.86. The van der Waals surface area contributed by atoms with Crippen LogP contribution in [-0.2, 0) is 25.0 Å². The van der Waals surface area contributed by atoms with Gasteiger partial charge in [0.2, 0.25) is 0 Å².